The number of piperidine rings is 1. The molecule has 1 aliphatic rings. The summed E-state index contributed by atoms with van der Waals surface area (Å²) in [6.45, 7) is 3.77. The van der Waals surface area contributed by atoms with Gasteiger partial charge >= 0.3 is 0 Å². The molecule has 0 saturated carbocycles. The Morgan fingerprint density at radius 3 is 2.81 bits per heavy atom. The molecular weight excluding hydrogens is 206 g/mol. The first-order valence-corrected chi connectivity index (χ1v) is 5.59. The molecular formula is C11H17N3O2. The molecule has 2 rings (SSSR count). The largest absolute Gasteiger partial charge is 0.351 e. The molecule has 1 aliphatic heterocycles. The minimum Gasteiger partial charge on any atom is -0.351 e. The second-order valence-electron chi connectivity index (χ2n) is 4.24. The summed E-state index contributed by atoms with van der Waals surface area (Å²) in [7, 11) is 1.83. The van der Waals surface area contributed by atoms with Crippen molar-refractivity contribution in [3.63, 3.8) is 0 Å². The molecule has 1 aromatic heterocycles. The van der Waals surface area contributed by atoms with Crippen LogP contribution in [0.4, 0.5) is 0 Å². The lowest BCUT2D eigenvalue weighted by molar-refractivity contribution is 0.0660. The normalized spacial score (nSPS) is 17.4. The number of carbonyl (C=O) groups is 1. The highest BCUT2D eigenvalue weighted by Crippen LogP contribution is 2.15. The first-order valence-electron chi connectivity index (χ1n) is 5.59. The first-order chi connectivity index (χ1) is 7.70. The maximum Gasteiger partial charge on any atom is 0.292 e. The third-order valence-electron chi connectivity index (χ3n) is 3.12. The topological polar surface area (TPSA) is 58.4 Å². The van der Waals surface area contributed by atoms with Gasteiger partial charge in [0.05, 0.1) is 6.20 Å². The number of nitrogens with one attached hydrogen (secondary N) is 1. The van der Waals surface area contributed by atoms with Crippen LogP contribution in [0, 0.1) is 6.92 Å². The van der Waals surface area contributed by atoms with Crippen LogP contribution in [0.15, 0.2) is 10.7 Å². The van der Waals surface area contributed by atoms with E-state index < -0.39 is 0 Å². The number of nitrogens with zero attached hydrogens (tertiary/aromatic N) is 2. The van der Waals surface area contributed by atoms with E-state index in [1.165, 1.54) is 0 Å². The van der Waals surface area contributed by atoms with Crippen LogP contribution in [-0.2, 0) is 0 Å². The highest BCUT2D eigenvalue weighted by molar-refractivity contribution is 5.92. The Balaban J connectivity index is 2.06. The number of amides is 1. The number of hydrogen-bond donors (Lipinski definition) is 1. The minimum absolute atomic E-state index is 0.0677. The van der Waals surface area contributed by atoms with Crippen molar-refractivity contribution in [1.29, 1.82) is 0 Å². The third-order valence-corrected chi connectivity index (χ3v) is 3.12. The van der Waals surface area contributed by atoms with Crippen molar-refractivity contribution in [2.24, 2.45) is 0 Å². The number of aryl methyl sites for hydroxylation is 1. The number of aromatic nitrogens is 1. The van der Waals surface area contributed by atoms with Gasteiger partial charge in [0.1, 0.15) is 0 Å². The van der Waals surface area contributed by atoms with Crippen molar-refractivity contribution in [2.45, 2.75) is 25.8 Å². The average molecular weight is 223 g/mol. The van der Waals surface area contributed by atoms with Gasteiger partial charge in [-0.1, -0.05) is 5.16 Å². The maximum absolute atomic E-state index is 12.1. The lowest BCUT2D eigenvalue weighted by Gasteiger charge is -2.31. The van der Waals surface area contributed by atoms with Gasteiger partial charge < -0.3 is 14.7 Å². The predicted octanol–water partition coefficient (Wildman–Crippen LogP) is 0.807. The zero-order chi connectivity index (χ0) is 11.5. The van der Waals surface area contributed by atoms with E-state index in [0.717, 1.165) is 31.5 Å². The van der Waals surface area contributed by atoms with Crippen LogP contribution < -0.4 is 5.32 Å². The van der Waals surface area contributed by atoms with Crippen LogP contribution in [0.1, 0.15) is 29.0 Å². The van der Waals surface area contributed by atoms with E-state index in [2.05, 4.69) is 10.5 Å². The molecule has 1 aromatic rings. The molecule has 16 heavy (non-hydrogen) atoms. The van der Waals surface area contributed by atoms with Crippen LogP contribution in [-0.4, -0.2) is 42.1 Å². The summed E-state index contributed by atoms with van der Waals surface area (Å²) in [5.41, 5.74) is 0.797. The Bertz CT molecular complexity index is 369. The van der Waals surface area contributed by atoms with Gasteiger partial charge in [0.15, 0.2) is 0 Å². The Morgan fingerprint density at radius 1 is 1.56 bits per heavy atom. The van der Waals surface area contributed by atoms with E-state index in [-0.39, 0.29) is 5.91 Å². The van der Waals surface area contributed by atoms with Gasteiger partial charge in [-0.2, -0.15) is 0 Å². The molecule has 1 amide bonds. The fourth-order valence-electron chi connectivity index (χ4n) is 2.02. The van der Waals surface area contributed by atoms with Gasteiger partial charge in [-0.15, -0.1) is 0 Å². The van der Waals surface area contributed by atoms with E-state index in [0.29, 0.717) is 11.8 Å². The number of hydrogen-bond acceptors (Lipinski definition) is 4. The summed E-state index contributed by atoms with van der Waals surface area (Å²) in [5.74, 6) is 0.294. The van der Waals surface area contributed by atoms with Crippen molar-refractivity contribution in [3.8, 4) is 0 Å². The number of rotatable bonds is 2. The highest BCUT2D eigenvalue weighted by atomic mass is 16.5. The maximum atomic E-state index is 12.1. The predicted molar refractivity (Wildman–Crippen MR) is 59.2 cm³/mol. The zero-order valence-electron chi connectivity index (χ0n) is 9.69. The van der Waals surface area contributed by atoms with Crippen molar-refractivity contribution in [3.05, 3.63) is 17.5 Å². The van der Waals surface area contributed by atoms with Gasteiger partial charge in [-0.25, -0.2) is 0 Å². The van der Waals surface area contributed by atoms with Gasteiger partial charge in [0.25, 0.3) is 5.91 Å². The molecule has 0 bridgehead atoms. The summed E-state index contributed by atoms with van der Waals surface area (Å²) in [6.07, 6.45) is 3.56. The molecule has 1 N–H and O–H groups in total. The molecule has 5 heteroatoms. The molecule has 2 heterocycles. The van der Waals surface area contributed by atoms with Crippen LogP contribution in [0.2, 0.25) is 0 Å². The molecule has 5 nitrogen and oxygen atoms in total. The molecule has 0 atom stereocenters. The van der Waals surface area contributed by atoms with Crippen LogP contribution >= 0.6 is 0 Å². The van der Waals surface area contributed by atoms with Gasteiger partial charge in [-0.05, 0) is 32.9 Å². The fourth-order valence-corrected chi connectivity index (χ4v) is 2.02. The Hall–Kier alpha value is -1.36. The molecule has 0 spiro atoms. The Labute approximate surface area is 94.8 Å². The average Bonchev–Trinajstić information content (AvgIpc) is 2.75. The Kier molecular flexibility index (Phi) is 3.24. The Morgan fingerprint density at radius 2 is 2.25 bits per heavy atom. The first kappa shape index (κ1) is 11.1. The van der Waals surface area contributed by atoms with Gasteiger partial charge in [-0.3, -0.25) is 4.79 Å². The smallest absolute Gasteiger partial charge is 0.292 e. The van der Waals surface area contributed by atoms with Crippen molar-refractivity contribution in [1.82, 2.24) is 15.4 Å². The van der Waals surface area contributed by atoms with E-state index in [4.69, 9.17) is 4.52 Å². The molecule has 88 valence electrons. The van der Waals surface area contributed by atoms with E-state index in [9.17, 15) is 4.79 Å². The van der Waals surface area contributed by atoms with Crippen LogP contribution in [0.5, 0.6) is 0 Å². The lowest BCUT2D eigenvalue weighted by Crippen LogP contribution is -2.44. The fraction of sp³-hybridized carbons (Fsp3) is 0.636. The second-order valence-corrected chi connectivity index (χ2v) is 4.24. The molecule has 0 aliphatic carbocycles. The standard InChI is InChI=1S/C11H17N3O2/c1-8-7-13-16-10(8)11(15)14(2)9-3-5-12-6-4-9/h7,9,12H,3-6H2,1-2H3. The summed E-state index contributed by atoms with van der Waals surface area (Å²) in [6, 6.07) is 0.304. The summed E-state index contributed by atoms with van der Waals surface area (Å²) < 4.78 is 4.98. The monoisotopic (exact) mass is 223 g/mol. The molecule has 0 unspecified atom stereocenters. The van der Waals surface area contributed by atoms with Crippen molar-refractivity contribution >= 4 is 5.91 Å². The van der Waals surface area contributed by atoms with E-state index in [1.807, 2.05) is 14.0 Å². The van der Waals surface area contributed by atoms with Gasteiger partial charge in [0.2, 0.25) is 5.76 Å². The van der Waals surface area contributed by atoms with Gasteiger partial charge in [0, 0.05) is 18.7 Å². The summed E-state index contributed by atoms with van der Waals surface area (Å²) in [4.78, 5) is 13.9. The molecule has 0 radical (unpaired) electrons. The number of carbonyl (C=O) groups excluding carboxylic acids is 1. The molecule has 1 saturated heterocycles. The highest BCUT2D eigenvalue weighted by Gasteiger charge is 2.26. The zero-order valence-corrected chi connectivity index (χ0v) is 9.69. The van der Waals surface area contributed by atoms with E-state index >= 15 is 0 Å². The third kappa shape index (κ3) is 2.09. The quantitative estimate of drug-likeness (QED) is 0.806. The molecule has 0 aromatic carbocycles. The van der Waals surface area contributed by atoms with E-state index in [1.54, 1.807) is 11.1 Å². The van der Waals surface area contributed by atoms with Crippen LogP contribution in [0.25, 0.3) is 0 Å². The minimum atomic E-state index is -0.0677. The lowest BCUT2D eigenvalue weighted by atomic mass is 10.0. The van der Waals surface area contributed by atoms with Crippen molar-refractivity contribution in [2.75, 3.05) is 20.1 Å². The van der Waals surface area contributed by atoms with Crippen LogP contribution in [0.3, 0.4) is 0 Å². The molecule has 1 fully saturated rings. The SMILES string of the molecule is Cc1cnoc1C(=O)N(C)C1CCNCC1. The summed E-state index contributed by atoms with van der Waals surface area (Å²) in [5, 5.41) is 6.92. The van der Waals surface area contributed by atoms with Crippen molar-refractivity contribution < 1.29 is 9.32 Å². The second kappa shape index (κ2) is 4.65. The summed E-state index contributed by atoms with van der Waals surface area (Å²) >= 11 is 0.